The van der Waals surface area contributed by atoms with Gasteiger partial charge in [-0.3, -0.25) is 10.00 Å². The molecule has 3 aromatic rings. The number of carbonyl (C=O) groups excluding carboxylic acids is 1. The lowest BCUT2D eigenvalue weighted by Crippen LogP contribution is -2.55. The average Bonchev–Trinajstić information content (AvgIpc) is 3.53. The lowest BCUT2D eigenvalue weighted by atomic mass is 9.86. The Morgan fingerprint density at radius 3 is 2.58 bits per heavy atom. The van der Waals surface area contributed by atoms with Crippen LogP contribution < -0.4 is 14.4 Å². The van der Waals surface area contributed by atoms with Crippen molar-refractivity contribution < 1.29 is 19.4 Å². The first kappa shape index (κ1) is 26.0. The molecule has 2 aliphatic rings. The van der Waals surface area contributed by atoms with Crippen molar-refractivity contribution in [3.63, 3.8) is 0 Å². The number of aromatic amines is 1. The molecule has 1 spiro atoms. The van der Waals surface area contributed by atoms with Gasteiger partial charge in [-0.05, 0) is 56.5 Å². The predicted octanol–water partition coefficient (Wildman–Crippen LogP) is 3.54. The van der Waals surface area contributed by atoms with E-state index in [1.165, 1.54) is 0 Å². The maximum Gasteiger partial charge on any atom is 0.326 e. The number of carbonyl (C=O) groups is 1. The summed E-state index contributed by atoms with van der Waals surface area (Å²) in [6, 6.07) is 11.6. The molecular formula is C28H36N6O4. The fourth-order valence-corrected chi connectivity index (χ4v) is 5.62. The Kier molecular flexibility index (Phi) is 7.02. The number of hydrogen-bond acceptors (Lipinski definition) is 7. The molecule has 2 aromatic heterocycles. The second-order valence-corrected chi connectivity index (χ2v) is 10.8. The first-order valence-electron chi connectivity index (χ1n) is 12.9. The molecule has 0 unspecified atom stereocenters. The number of hydrogen-bond donors (Lipinski definition) is 2. The lowest BCUT2D eigenvalue weighted by molar-refractivity contribution is 0.00617. The van der Waals surface area contributed by atoms with Crippen LogP contribution in [-0.2, 0) is 6.54 Å². The minimum absolute atomic E-state index is 0.0747. The number of H-pyrrole nitrogens is 1. The van der Waals surface area contributed by atoms with E-state index in [4.69, 9.17) is 14.5 Å². The highest BCUT2D eigenvalue weighted by Crippen LogP contribution is 2.40. The van der Waals surface area contributed by atoms with Gasteiger partial charge < -0.3 is 24.4 Å². The van der Waals surface area contributed by atoms with Crippen LogP contribution in [0.5, 0.6) is 11.6 Å². The Morgan fingerprint density at radius 1 is 1.13 bits per heavy atom. The summed E-state index contributed by atoms with van der Waals surface area (Å²) in [7, 11) is 3.23. The van der Waals surface area contributed by atoms with Crippen molar-refractivity contribution >= 4 is 11.8 Å². The van der Waals surface area contributed by atoms with Crippen LogP contribution in [0.25, 0.3) is 11.1 Å². The van der Waals surface area contributed by atoms with Crippen LogP contribution in [0.15, 0.2) is 48.8 Å². The molecule has 5 rings (SSSR count). The summed E-state index contributed by atoms with van der Waals surface area (Å²) in [5.41, 5.74) is 1.57. The SMILES string of the molecule is COc1cccc(CN2C(=O)N(c3ccc(-c4cn[nH]c4)c(OC)n3)CC23CCN(CC(C)(C)O)CC3)c1. The van der Waals surface area contributed by atoms with E-state index in [1.807, 2.05) is 55.1 Å². The Labute approximate surface area is 223 Å². The molecule has 2 N–H and O–H groups in total. The predicted molar refractivity (Wildman–Crippen MR) is 144 cm³/mol. The van der Waals surface area contributed by atoms with Gasteiger partial charge in [-0.2, -0.15) is 10.1 Å². The molecule has 2 amide bonds. The summed E-state index contributed by atoms with van der Waals surface area (Å²) in [5, 5.41) is 17.2. The van der Waals surface area contributed by atoms with Gasteiger partial charge in [0, 0.05) is 43.5 Å². The van der Waals surface area contributed by atoms with Gasteiger partial charge in [-0.1, -0.05) is 12.1 Å². The number of pyridine rings is 1. The number of methoxy groups -OCH3 is 2. The summed E-state index contributed by atoms with van der Waals surface area (Å²) in [6.45, 7) is 6.88. The van der Waals surface area contributed by atoms with Crippen LogP contribution in [0.1, 0.15) is 32.3 Å². The molecule has 2 aliphatic heterocycles. The molecule has 4 heterocycles. The monoisotopic (exact) mass is 520 g/mol. The zero-order valence-corrected chi connectivity index (χ0v) is 22.5. The summed E-state index contributed by atoms with van der Waals surface area (Å²) < 4.78 is 11.0. The fourth-order valence-electron chi connectivity index (χ4n) is 5.62. The fraction of sp³-hybridized carbons (Fsp3) is 0.464. The zero-order chi connectivity index (χ0) is 26.9. The van der Waals surface area contributed by atoms with E-state index in [2.05, 4.69) is 15.1 Å². The molecule has 2 saturated heterocycles. The van der Waals surface area contributed by atoms with E-state index in [0.29, 0.717) is 31.3 Å². The van der Waals surface area contributed by atoms with E-state index in [9.17, 15) is 9.90 Å². The molecular weight excluding hydrogens is 484 g/mol. The van der Waals surface area contributed by atoms with E-state index in [1.54, 1.807) is 31.5 Å². The maximum absolute atomic E-state index is 14.0. The number of β-amino-alcohol motifs (C(OH)–C–C–N with tert-alkyl or cyclic N) is 1. The lowest BCUT2D eigenvalue weighted by Gasteiger charge is -2.44. The molecule has 10 heteroatoms. The van der Waals surface area contributed by atoms with Crippen molar-refractivity contribution in [3.05, 3.63) is 54.4 Å². The molecule has 0 saturated carbocycles. The number of piperidine rings is 1. The second kappa shape index (κ2) is 10.3. The number of nitrogens with one attached hydrogen (secondary N) is 1. The van der Waals surface area contributed by atoms with Crippen molar-refractivity contribution in [2.24, 2.45) is 0 Å². The Morgan fingerprint density at radius 2 is 1.92 bits per heavy atom. The minimum atomic E-state index is -0.764. The van der Waals surface area contributed by atoms with Crippen molar-refractivity contribution in [2.45, 2.75) is 44.4 Å². The molecule has 10 nitrogen and oxygen atoms in total. The number of likely N-dealkylation sites (tertiary alicyclic amines) is 1. The van der Waals surface area contributed by atoms with Crippen LogP contribution in [0.3, 0.4) is 0 Å². The minimum Gasteiger partial charge on any atom is -0.497 e. The van der Waals surface area contributed by atoms with Gasteiger partial charge in [0.05, 0.1) is 38.1 Å². The number of amides is 2. The number of benzene rings is 1. The highest BCUT2D eigenvalue weighted by molar-refractivity contribution is 5.95. The van der Waals surface area contributed by atoms with Crippen LogP contribution in [0.2, 0.25) is 0 Å². The molecule has 38 heavy (non-hydrogen) atoms. The molecule has 0 bridgehead atoms. The zero-order valence-electron chi connectivity index (χ0n) is 22.5. The van der Waals surface area contributed by atoms with Gasteiger partial charge in [0.2, 0.25) is 5.88 Å². The van der Waals surface area contributed by atoms with Crippen molar-refractivity contribution in [2.75, 3.05) is 45.3 Å². The number of rotatable bonds is 8. The average molecular weight is 521 g/mol. The smallest absolute Gasteiger partial charge is 0.326 e. The van der Waals surface area contributed by atoms with Crippen LogP contribution in [-0.4, -0.2) is 87.7 Å². The Balaban J connectivity index is 1.45. The maximum atomic E-state index is 14.0. The number of nitrogens with zero attached hydrogens (tertiary/aromatic N) is 5. The molecule has 2 fully saturated rings. The van der Waals surface area contributed by atoms with Gasteiger partial charge in [0.25, 0.3) is 0 Å². The molecule has 202 valence electrons. The molecule has 1 aromatic carbocycles. The number of aliphatic hydroxyl groups is 1. The van der Waals surface area contributed by atoms with Gasteiger partial charge in [0.15, 0.2) is 0 Å². The standard InChI is InChI=1S/C28H36N6O4/c1-27(2,36)18-32-12-10-28(11-13-32)19-33(26(35)34(28)17-20-6-5-7-22(14-20)37-3)24-9-8-23(25(31-24)38-4)21-15-29-30-16-21/h5-9,14-16,36H,10-13,17-19H2,1-4H3,(H,29,30). The summed E-state index contributed by atoms with van der Waals surface area (Å²) in [5.74, 6) is 1.77. The van der Waals surface area contributed by atoms with Gasteiger partial charge >= 0.3 is 6.03 Å². The third-order valence-corrected chi connectivity index (χ3v) is 7.48. The van der Waals surface area contributed by atoms with E-state index in [0.717, 1.165) is 48.4 Å². The first-order valence-corrected chi connectivity index (χ1v) is 12.9. The van der Waals surface area contributed by atoms with Gasteiger partial charge in [0.1, 0.15) is 11.6 Å². The number of urea groups is 1. The summed E-state index contributed by atoms with van der Waals surface area (Å²) >= 11 is 0. The van der Waals surface area contributed by atoms with Gasteiger partial charge in [-0.25, -0.2) is 4.79 Å². The first-order chi connectivity index (χ1) is 18.2. The summed E-state index contributed by atoms with van der Waals surface area (Å²) in [6.07, 6.45) is 5.11. The third-order valence-electron chi connectivity index (χ3n) is 7.48. The number of aromatic nitrogens is 3. The second-order valence-electron chi connectivity index (χ2n) is 10.8. The number of ether oxygens (including phenoxy) is 2. The quantitative estimate of drug-likeness (QED) is 0.468. The molecule has 0 radical (unpaired) electrons. The van der Waals surface area contributed by atoms with Crippen LogP contribution in [0.4, 0.5) is 10.6 Å². The van der Waals surface area contributed by atoms with Crippen molar-refractivity contribution in [3.8, 4) is 22.8 Å². The highest BCUT2D eigenvalue weighted by atomic mass is 16.5. The Hall–Kier alpha value is -3.63. The normalized spacial score (nSPS) is 17.9. The summed E-state index contributed by atoms with van der Waals surface area (Å²) in [4.78, 5) is 24.8. The van der Waals surface area contributed by atoms with E-state index in [-0.39, 0.29) is 11.6 Å². The number of anilines is 1. The van der Waals surface area contributed by atoms with Gasteiger partial charge in [-0.15, -0.1) is 0 Å². The Bertz CT molecular complexity index is 1260. The third kappa shape index (κ3) is 5.19. The molecule has 0 aliphatic carbocycles. The van der Waals surface area contributed by atoms with Crippen molar-refractivity contribution in [1.82, 2.24) is 25.0 Å². The van der Waals surface area contributed by atoms with Crippen molar-refractivity contribution in [1.29, 1.82) is 0 Å². The molecule has 0 atom stereocenters. The van der Waals surface area contributed by atoms with E-state index < -0.39 is 5.60 Å². The van der Waals surface area contributed by atoms with Crippen LogP contribution in [0, 0.1) is 0 Å². The van der Waals surface area contributed by atoms with E-state index >= 15 is 0 Å². The largest absolute Gasteiger partial charge is 0.497 e. The van der Waals surface area contributed by atoms with Crippen LogP contribution >= 0.6 is 0 Å². The highest BCUT2D eigenvalue weighted by Gasteiger charge is 2.51. The topological polar surface area (TPSA) is 107 Å².